The van der Waals surface area contributed by atoms with Gasteiger partial charge in [-0.2, -0.15) is 0 Å². The lowest BCUT2D eigenvalue weighted by atomic mass is 10.2. The lowest BCUT2D eigenvalue weighted by Gasteiger charge is -2.14. The average Bonchev–Trinajstić information content (AvgIpc) is 3.05. The van der Waals surface area contributed by atoms with Crippen molar-refractivity contribution in [1.29, 1.82) is 0 Å². The summed E-state index contributed by atoms with van der Waals surface area (Å²) in [7, 11) is 0. The van der Waals surface area contributed by atoms with Gasteiger partial charge in [0.25, 0.3) is 0 Å². The maximum Gasteiger partial charge on any atom is 0.319 e. The molecular formula is C19H17Cl2N3O2S. The molecule has 3 rings (SSSR count). The zero-order chi connectivity index (χ0) is 19.4. The van der Waals surface area contributed by atoms with Gasteiger partial charge in [0.2, 0.25) is 0 Å². The van der Waals surface area contributed by atoms with E-state index in [1.807, 2.05) is 41.0 Å². The third-order valence-electron chi connectivity index (χ3n) is 3.74. The first-order valence-electron chi connectivity index (χ1n) is 8.31. The molecule has 1 heterocycles. The number of halogens is 2. The van der Waals surface area contributed by atoms with Gasteiger partial charge in [0.1, 0.15) is 5.25 Å². The lowest BCUT2D eigenvalue weighted by molar-refractivity contribution is -0.142. The first-order valence-corrected chi connectivity index (χ1v) is 9.95. The number of carbonyl (C=O) groups is 1. The van der Waals surface area contributed by atoms with Crippen molar-refractivity contribution in [3.05, 3.63) is 58.6 Å². The third kappa shape index (κ3) is 4.29. The highest BCUT2D eigenvalue weighted by Crippen LogP contribution is 2.35. The predicted octanol–water partition coefficient (Wildman–Crippen LogP) is 5.28. The number of hydrogen-bond acceptors (Lipinski definition) is 5. The van der Waals surface area contributed by atoms with Gasteiger partial charge in [-0.25, -0.2) is 0 Å². The van der Waals surface area contributed by atoms with Crippen molar-refractivity contribution in [3.8, 4) is 17.1 Å². The molecule has 0 spiro atoms. The van der Waals surface area contributed by atoms with E-state index in [9.17, 15) is 4.79 Å². The molecular weight excluding hydrogens is 405 g/mol. The number of nitrogens with zero attached hydrogens (tertiary/aromatic N) is 3. The van der Waals surface area contributed by atoms with E-state index < -0.39 is 5.25 Å². The molecule has 3 aromatic rings. The topological polar surface area (TPSA) is 57.0 Å². The summed E-state index contributed by atoms with van der Waals surface area (Å²) in [6.45, 7) is 3.87. The van der Waals surface area contributed by atoms with Gasteiger partial charge in [0.15, 0.2) is 11.0 Å². The fourth-order valence-electron chi connectivity index (χ4n) is 2.48. The van der Waals surface area contributed by atoms with Crippen LogP contribution in [0.4, 0.5) is 0 Å². The predicted molar refractivity (Wildman–Crippen MR) is 109 cm³/mol. The van der Waals surface area contributed by atoms with Gasteiger partial charge < -0.3 is 4.74 Å². The van der Waals surface area contributed by atoms with Crippen molar-refractivity contribution in [2.75, 3.05) is 6.61 Å². The fraction of sp³-hybridized carbons (Fsp3) is 0.211. The summed E-state index contributed by atoms with van der Waals surface area (Å²) in [6.07, 6.45) is 0. The SMILES string of the molecule is CCOC(=O)[C@@H](C)Sc1nnc(-c2ccccc2Cl)n1-c1ccccc1Cl. The van der Waals surface area contributed by atoms with E-state index in [4.69, 9.17) is 27.9 Å². The number of para-hydroxylation sites is 1. The zero-order valence-electron chi connectivity index (χ0n) is 14.7. The minimum Gasteiger partial charge on any atom is -0.465 e. The molecule has 1 atom stereocenters. The first-order chi connectivity index (χ1) is 13.0. The largest absolute Gasteiger partial charge is 0.465 e. The van der Waals surface area contributed by atoms with Gasteiger partial charge in [-0.1, -0.05) is 59.2 Å². The van der Waals surface area contributed by atoms with E-state index in [0.29, 0.717) is 33.3 Å². The van der Waals surface area contributed by atoms with Crippen LogP contribution < -0.4 is 0 Å². The Balaban J connectivity index is 2.11. The van der Waals surface area contributed by atoms with Gasteiger partial charge in [-0.3, -0.25) is 9.36 Å². The second-order valence-corrected chi connectivity index (χ2v) is 7.71. The van der Waals surface area contributed by atoms with Crippen molar-refractivity contribution >= 4 is 40.9 Å². The Bertz CT molecular complexity index is 962. The molecule has 0 aliphatic carbocycles. The minimum absolute atomic E-state index is 0.310. The van der Waals surface area contributed by atoms with Crippen molar-refractivity contribution in [2.45, 2.75) is 24.3 Å². The molecule has 0 fully saturated rings. The lowest BCUT2D eigenvalue weighted by Crippen LogP contribution is -2.17. The summed E-state index contributed by atoms with van der Waals surface area (Å²) < 4.78 is 6.90. The maximum absolute atomic E-state index is 12.0. The Hall–Kier alpha value is -2.02. The zero-order valence-corrected chi connectivity index (χ0v) is 17.1. The Morgan fingerprint density at radius 2 is 1.78 bits per heavy atom. The van der Waals surface area contributed by atoms with Crippen LogP contribution in [-0.2, 0) is 9.53 Å². The fourth-order valence-corrected chi connectivity index (χ4v) is 3.78. The Morgan fingerprint density at radius 1 is 1.11 bits per heavy atom. The van der Waals surface area contributed by atoms with Gasteiger partial charge in [0, 0.05) is 5.56 Å². The van der Waals surface area contributed by atoms with Crippen molar-refractivity contribution < 1.29 is 9.53 Å². The number of aromatic nitrogens is 3. The van der Waals surface area contributed by atoms with Gasteiger partial charge in [0.05, 0.1) is 22.3 Å². The Labute approximate surface area is 171 Å². The maximum atomic E-state index is 12.0. The number of rotatable bonds is 6. The molecule has 0 saturated carbocycles. The average molecular weight is 422 g/mol. The second-order valence-electron chi connectivity index (χ2n) is 5.58. The van der Waals surface area contributed by atoms with E-state index >= 15 is 0 Å². The molecule has 0 aliphatic rings. The van der Waals surface area contributed by atoms with Crippen LogP contribution in [0.15, 0.2) is 53.7 Å². The van der Waals surface area contributed by atoms with E-state index in [-0.39, 0.29) is 5.97 Å². The Morgan fingerprint density at radius 3 is 2.44 bits per heavy atom. The molecule has 0 saturated heterocycles. The van der Waals surface area contributed by atoms with Crippen molar-refractivity contribution in [3.63, 3.8) is 0 Å². The smallest absolute Gasteiger partial charge is 0.319 e. The number of ether oxygens (including phenoxy) is 1. The molecule has 0 amide bonds. The van der Waals surface area contributed by atoms with Crippen LogP contribution >= 0.6 is 35.0 Å². The highest BCUT2D eigenvalue weighted by molar-refractivity contribution is 8.00. The van der Waals surface area contributed by atoms with E-state index in [1.54, 1.807) is 26.0 Å². The molecule has 140 valence electrons. The third-order valence-corrected chi connectivity index (χ3v) is 5.41. The summed E-state index contributed by atoms with van der Waals surface area (Å²) >= 11 is 14.1. The highest BCUT2D eigenvalue weighted by atomic mass is 35.5. The molecule has 1 aromatic heterocycles. The molecule has 5 nitrogen and oxygen atoms in total. The normalized spacial score (nSPS) is 12.0. The Kier molecular flexibility index (Phi) is 6.42. The van der Waals surface area contributed by atoms with E-state index in [2.05, 4.69) is 10.2 Å². The molecule has 8 heteroatoms. The summed E-state index contributed by atoms with van der Waals surface area (Å²) in [5, 5.41) is 9.77. The van der Waals surface area contributed by atoms with Crippen molar-refractivity contribution in [2.24, 2.45) is 0 Å². The molecule has 0 bridgehead atoms. The number of thioether (sulfide) groups is 1. The van der Waals surface area contributed by atoms with E-state index in [1.165, 1.54) is 11.8 Å². The van der Waals surface area contributed by atoms with Crippen LogP contribution in [0, 0.1) is 0 Å². The molecule has 0 unspecified atom stereocenters. The van der Waals surface area contributed by atoms with Gasteiger partial charge >= 0.3 is 5.97 Å². The van der Waals surface area contributed by atoms with Gasteiger partial charge in [-0.05, 0) is 38.1 Å². The quantitative estimate of drug-likeness (QED) is 0.399. The highest BCUT2D eigenvalue weighted by Gasteiger charge is 2.24. The molecule has 0 radical (unpaired) electrons. The van der Waals surface area contributed by atoms with Crippen LogP contribution in [-0.4, -0.2) is 32.6 Å². The molecule has 0 N–H and O–H groups in total. The summed E-state index contributed by atoms with van der Waals surface area (Å²) in [6, 6.07) is 14.8. The minimum atomic E-state index is -0.450. The summed E-state index contributed by atoms with van der Waals surface area (Å²) in [5.41, 5.74) is 1.43. The van der Waals surface area contributed by atoms with Crippen LogP contribution in [0.3, 0.4) is 0 Å². The molecule has 0 aliphatic heterocycles. The monoisotopic (exact) mass is 421 g/mol. The molecule has 2 aromatic carbocycles. The van der Waals surface area contributed by atoms with Crippen LogP contribution in [0.25, 0.3) is 17.1 Å². The number of hydrogen-bond donors (Lipinski definition) is 0. The molecule has 27 heavy (non-hydrogen) atoms. The number of benzene rings is 2. The second kappa shape index (κ2) is 8.78. The van der Waals surface area contributed by atoms with Crippen molar-refractivity contribution in [1.82, 2.24) is 14.8 Å². The number of esters is 1. The van der Waals surface area contributed by atoms with Crippen LogP contribution in [0.1, 0.15) is 13.8 Å². The van der Waals surface area contributed by atoms with E-state index in [0.717, 1.165) is 5.56 Å². The summed E-state index contributed by atoms with van der Waals surface area (Å²) in [5.74, 6) is 0.239. The van der Waals surface area contributed by atoms with Crippen LogP contribution in [0.5, 0.6) is 0 Å². The summed E-state index contributed by atoms with van der Waals surface area (Å²) in [4.78, 5) is 12.0. The number of carbonyl (C=O) groups excluding carboxylic acids is 1. The van der Waals surface area contributed by atoms with Crippen LogP contribution in [0.2, 0.25) is 10.0 Å². The standard InChI is InChI=1S/C19H17Cl2N3O2S/c1-3-26-18(25)12(2)27-19-23-22-17(13-8-4-5-9-14(13)20)24(19)16-11-7-6-10-15(16)21/h4-12H,3H2,1-2H3/t12-/m1/s1. The van der Waals surface area contributed by atoms with Gasteiger partial charge in [-0.15, -0.1) is 10.2 Å². The first kappa shape index (κ1) is 19.7.